The van der Waals surface area contributed by atoms with Crippen molar-refractivity contribution in [3.63, 3.8) is 0 Å². The van der Waals surface area contributed by atoms with Gasteiger partial charge in [0.1, 0.15) is 5.54 Å². The van der Waals surface area contributed by atoms with Crippen LogP contribution in [0.25, 0.3) is 0 Å². The number of amides is 2. The molecule has 0 N–H and O–H groups in total. The lowest BCUT2D eigenvalue weighted by Crippen LogP contribution is -2.57. The number of rotatable bonds is 2. The molecule has 28 heavy (non-hydrogen) atoms. The molecule has 2 aliphatic heterocycles. The van der Waals surface area contributed by atoms with E-state index in [2.05, 4.69) is 0 Å². The standard InChI is InChI=1S/C21H27BN2O4/c1-19(2)20(3,4)28-22(27-19)14-8-9-15-16(12-14)24(17(25)13-6-7-13)21(10-11-21)18(26)23(15)5/h8-9,12-13H,6-7,10-11H2,1-5H3. The molecule has 2 heterocycles. The molecule has 2 amide bonds. The summed E-state index contributed by atoms with van der Waals surface area (Å²) < 4.78 is 12.4. The molecule has 4 aliphatic rings. The van der Waals surface area contributed by atoms with Crippen molar-refractivity contribution in [1.29, 1.82) is 0 Å². The summed E-state index contributed by atoms with van der Waals surface area (Å²) in [6.45, 7) is 8.11. The topological polar surface area (TPSA) is 59.1 Å². The maximum atomic E-state index is 13.2. The van der Waals surface area contributed by atoms with E-state index >= 15 is 0 Å². The Morgan fingerprint density at radius 3 is 2.21 bits per heavy atom. The molecule has 148 valence electrons. The van der Waals surface area contributed by atoms with E-state index in [0.29, 0.717) is 0 Å². The number of anilines is 2. The third-order valence-corrected chi connectivity index (χ3v) is 7.13. The van der Waals surface area contributed by atoms with E-state index in [1.807, 2.05) is 45.9 Å². The van der Waals surface area contributed by atoms with Crippen LogP contribution in [0.2, 0.25) is 0 Å². The van der Waals surface area contributed by atoms with Crippen LogP contribution < -0.4 is 15.3 Å². The van der Waals surface area contributed by atoms with Crippen LogP contribution in [0.15, 0.2) is 18.2 Å². The second-order valence-electron chi connectivity index (χ2n) is 9.68. The van der Waals surface area contributed by atoms with Crippen LogP contribution >= 0.6 is 0 Å². The molecule has 1 spiro atoms. The van der Waals surface area contributed by atoms with Gasteiger partial charge >= 0.3 is 7.12 Å². The second kappa shape index (κ2) is 5.39. The third-order valence-electron chi connectivity index (χ3n) is 7.13. The number of fused-ring (bicyclic) bond motifs is 1. The van der Waals surface area contributed by atoms with Crippen LogP contribution in [-0.2, 0) is 18.9 Å². The van der Waals surface area contributed by atoms with E-state index in [0.717, 1.165) is 42.5 Å². The first-order chi connectivity index (χ1) is 13.1. The molecular formula is C21H27BN2O4. The minimum absolute atomic E-state index is 0.0254. The first-order valence-corrected chi connectivity index (χ1v) is 10.2. The molecular weight excluding hydrogens is 355 g/mol. The summed E-state index contributed by atoms with van der Waals surface area (Å²) in [4.78, 5) is 29.7. The number of carbonyl (C=O) groups excluding carboxylic acids is 2. The van der Waals surface area contributed by atoms with Gasteiger partial charge in [-0.3, -0.25) is 14.5 Å². The zero-order valence-corrected chi connectivity index (χ0v) is 17.2. The number of carbonyl (C=O) groups is 2. The van der Waals surface area contributed by atoms with Gasteiger partial charge in [0.15, 0.2) is 0 Å². The van der Waals surface area contributed by atoms with Crippen molar-refractivity contribution in [3.8, 4) is 0 Å². The fourth-order valence-corrected chi connectivity index (χ4v) is 4.28. The number of hydrogen-bond donors (Lipinski definition) is 0. The minimum atomic E-state index is -0.685. The highest BCUT2D eigenvalue weighted by molar-refractivity contribution is 6.62. The van der Waals surface area contributed by atoms with Crippen molar-refractivity contribution >= 4 is 35.8 Å². The van der Waals surface area contributed by atoms with E-state index in [-0.39, 0.29) is 17.7 Å². The SMILES string of the molecule is CN1C(=O)C2(CC2)N(C(=O)C2CC2)c2cc(B3OC(C)(C)C(C)(C)O3)ccc21. The van der Waals surface area contributed by atoms with Gasteiger partial charge in [-0.15, -0.1) is 0 Å². The summed E-state index contributed by atoms with van der Waals surface area (Å²) in [5, 5.41) is 0. The van der Waals surface area contributed by atoms with Gasteiger partial charge < -0.3 is 14.2 Å². The van der Waals surface area contributed by atoms with Gasteiger partial charge in [0.2, 0.25) is 5.91 Å². The van der Waals surface area contributed by atoms with Crippen LogP contribution in [0.4, 0.5) is 11.4 Å². The number of nitrogens with zero attached hydrogens (tertiary/aromatic N) is 2. The molecule has 1 saturated heterocycles. The Balaban J connectivity index is 1.58. The monoisotopic (exact) mass is 382 g/mol. The Morgan fingerprint density at radius 1 is 1.07 bits per heavy atom. The Morgan fingerprint density at radius 2 is 1.68 bits per heavy atom. The summed E-state index contributed by atoms with van der Waals surface area (Å²) in [5.74, 6) is 0.172. The lowest BCUT2D eigenvalue weighted by atomic mass is 9.78. The molecule has 0 aromatic heterocycles. The van der Waals surface area contributed by atoms with Crippen LogP contribution in [0, 0.1) is 5.92 Å². The van der Waals surface area contributed by atoms with E-state index in [9.17, 15) is 9.59 Å². The maximum Gasteiger partial charge on any atom is 0.494 e. The van der Waals surface area contributed by atoms with Gasteiger partial charge in [-0.2, -0.15) is 0 Å². The molecule has 5 rings (SSSR count). The van der Waals surface area contributed by atoms with Crippen molar-refractivity contribution in [2.75, 3.05) is 16.8 Å². The van der Waals surface area contributed by atoms with Crippen LogP contribution in [0.3, 0.4) is 0 Å². The second-order valence-corrected chi connectivity index (χ2v) is 9.68. The molecule has 1 aromatic rings. The van der Waals surface area contributed by atoms with Crippen molar-refractivity contribution < 1.29 is 18.9 Å². The molecule has 0 unspecified atom stereocenters. The van der Waals surface area contributed by atoms with Gasteiger partial charge in [0.05, 0.1) is 22.6 Å². The predicted octanol–water partition coefficient (Wildman–Crippen LogP) is 2.24. The van der Waals surface area contributed by atoms with Crippen molar-refractivity contribution in [2.45, 2.75) is 70.1 Å². The van der Waals surface area contributed by atoms with Crippen LogP contribution in [-0.4, -0.2) is 42.7 Å². The Labute approximate surface area is 166 Å². The smallest absolute Gasteiger partial charge is 0.399 e. The molecule has 7 heteroatoms. The Hall–Kier alpha value is -1.86. The largest absolute Gasteiger partial charge is 0.494 e. The number of hydrogen-bond acceptors (Lipinski definition) is 4. The van der Waals surface area contributed by atoms with E-state index in [1.165, 1.54) is 0 Å². The average Bonchev–Trinajstić information content (AvgIpc) is 3.52. The molecule has 0 radical (unpaired) electrons. The highest BCUT2D eigenvalue weighted by Gasteiger charge is 2.62. The van der Waals surface area contributed by atoms with Gasteiger partial charge in [-0.05, 0) is 71.0 Å². The minimum Gasteiger partial charge on any atom is -0.399 e. The summed E-state index contributed by atoms with van der Waals surface area (Å²) in [7, 11) is 1.31. The zero-order chi connectivity index (χ0) is 20.1. The lowest BCUT2D eigenvalue weighted by molar-refractivity contribution is -0.126. The average molecular weight is 382 g/mol. The fraction of sp³-hybridized carbons (Fsp3) is 0.619. The molecule has 2 aliphatic carbocycles. The highest BCUT2D eigenvalue weighted by atomic mass is 16.7. The number of likely N-dealkylation sites (N-methyl/N-ethyl adjacent to an activating group) is 1. The molecule has 0 bridgehead atoms. The predicted molar refractivity (Wildman–Crippen MR) is 108 cm³/mol. The van der Waals surface area contributed by atoms with Gasteiger partial charge in [0.25, 0.3) is 5.91 Å². The summed E-state index contributed by atoms with van der Waals surface area (Å²) >= 11 is 0. The van der Waals surface area contributed by atoms with Gasteiger partial charge in [0, 0.05) is 13.0 Å². The molecule has 3 fully saturated rings. The summed E-state index contributed by atoms with van der Waals surface area (Å²) in [6.07, 6.45) is 3.30. The van der Waals surface area contributed by atoms with Crippen molar-refractivity contribution in [2.24, 2.45) is 5.92 Å². The fourth-order valence-electron chi connectivity index (χ4n) is 4.28. The maximum absolute atomic E-state index is 13.2. The lowest BCUT2D eigenvalue weighted by Gasteiger charge is -2.41. The first kappa shape index (κ1) is 18.2. The third kappa shape index (κ3) is 2.35. The normalized spacial score (nSPS) is 26.6. The summed E-state index contributed by atoms with van der Waals surface area (Å²) in [6, 6.07) is 5.84. The quantitative estimate of drug-likeness (QED) is 0.737. The van der Waals surface area contributed by atoms with Crippen molar-refractivity contribution in [3.05, 3.63) is 18.2 Å². The van der Waals surface area contributed by atoms with Crippen molar-refractivity contribution in [1.82, 2.24) is 0 Å². The van der Waals surface area contributed by atoms with E-state index in [1.54, 1.807) is 16.8 Å². The highest BCUT2D eigenvalue weighted by Crippen LogP contribution is 2.53. The Kier molecular flexibility index (Phi) is 3.50. The van der Waals surface area contributed by atoms with Crippen LogP contribution in [0.1, 0.15) is 53.4 Å². The van der Waals surface area contributed by atoms with Gasteiger partial charge in [-0.1, -0.05) is 6.07 Å². The first-order valence-electron chi connectivity index (χ1n) is 10.2. The Bertz CT molecular complexity index is 872. The van der Waals surface area contributed by atoms with E-state index < -0.39 is 23.9 Å². The molecule has 1 aromatic carbocycles. The van der Waals surface area contributed by atoms with Gasteiger partial charge in [-0.25, -0.2) is 0 Å². The van der Waals surface area contributed by atoms with Crippen LogP contribution in [0.5, 0.6) is 0 Å². The molecule has 0 atom stereocenters. The zero-order valence-electron chi connectivity index (χ0n) is 17.2. The number of benzene rings is 1. The van der Waals surface area contributed by atoms with E-state index in [4.69, 9.17) is 9.31 Å². The molecule has 6 nitrogen and oxygen atoms in total. The molecule has 2 saturated carbocycles. The summed E-state index contributed by atoms with van der Waals surface area (Å²) in [5.41, 5.74) is 0.920.